The lowest BCUT2D eigenvalue weighted by Gasteiger charge is -2.39. The predicted molar refractivity (Wildman–Crippen MR) is 87.6 cm³/mol. The molecule has 1 saturated heterocycles. The standard InChI is InChI=1S/C18H22FN3/c1-20-14-9-13(12-4-5-12)10-22(11-14)17-7-6-16(19)18-15(17)3-2-8-21-18/h2-3,6-8,12-14,20H,4-5,9-11H2,1H3. The predicted octanol–water partition coefficient (Wildman–Crippen LogP) is 3.20. The zero-order chi connectivity index (χ0) is 15.1. The average molecular weight is 299 g/mol. The molecule has 1 aromatic heterocycles. The second-order valence-electron chi connectivity index (χ2n) is 6.69. The number of aromatic nitrogens is 1. The van der Waals surface area contributed by atoms with E-state index in [1.807, 2.05) is 25.2 Å². The van der Waals surface area contributed by atoms with Crippen LogP contribution in [0.15, 0.2) is 30.5 Å². The number of hydrogen-bond acceptors (Lipinski definition) is 3. The van der Waals surface area contributed by atoms with Crippen molar-refractivity contribution in [1.82, 2.24) is 10.3 Å². The van der Waals surface area contributed by atoms with Crippen molar-refractivity contribution in [3.05, 3.63) is 36.3 Å². The van der Waals surface area contributed by atoms with Crippen molar-refractivity contribution < 1.29 is 4.39 Å². The first kappa shape index (κ1) is 13.9. The van der Waals surface area contributed by atoms with Crippen LogP contribution in [0.1, 0.15) is 19.3 Å². The van der Waals surface area contributed by atoms with Gasteiger partial charge in [0.1, 0.15) is 11.3 Å². The maximum absolute atomic E-state index is 14.0. The number of pyridine rings is 1. The van der Waals surface area contributed by atoms with Crippen molar-refractivity contribution in [3.8, 4) is 0 Å². The van der Waals surface area contributed by atoms with Gasteiger partial charge < -0.3 is 10.2 Å². The SMILES string of the molecule is CNC1CC(C2CC2)CN(c2ccc(F)c3ncccc23)C1. The fourth-order valence-corrected chi connectivity index (χ4v) is 3.85. The van der Waals surface area contributed by atoms with E-state index in [4.69, 9.17) is 0 Å². The Balaban J connectivity index is 1.72. The topological polar surface area (TPSA) is 28.2 Å². The Hall–Kier alpha value is -1.68. The smallest absolute Gasteiger partial charge is 0.149 e. The molecular weight excluding hydrogens is 277 g/mol. The first-order chi connectivity index (χ1) is 10.8. The van der Waals surface area contributed by atoms with Crippen molar-refractivity contribution in [2.75, 3.05) is 25.0 Å². The molecule has 2 heterocycles. The molecule has 4 rings (SSSR count). The minimum absolute atomic E-state index is 0.236. The molecule has 0 radical (unpaired) electrons. The molecule has 2 unspecified atom stereocenters. The number of benzene rings is 1. The summed E-state index contributed by atoms with van der Waals surface area (Å²) in [5.74, 6) is 1.41. The summed E-state index contributed by atoms with van der Waals surface area (Å²) in [6.45, 7) is 2.06. The summed E-state index contributed by atoms with van der Waals surface area (Å²) >= 11 is 0. The van der Waals surface area contributed by atoms with Gasteiger partial charge in [0.2, 0.25) is 0 Å². The van der Waals surface area contributed by atoms with Gasteiger partial charge in [0.05, 0.1) is 0 Å². The largest absolute Gasteiger partial charge is 0.369 e. The Bertz CT molecular complexity index is 683. The molecule has 0 bridgehead atoms. The molecule has 4 heteroatoms. The molecule has 1 saturated carbocycles. The van der Waals surface area contributed by atoms with E-state index >= 15 is 0 Å². The minimum atomic E-state index is -0.236. The van der Waals surface area contributed by atoms with E-state index in [1.54, 1.807) is 12.3 Å². The molecule has 0 amide bonds. The third kappa shape index (κ3) is 2.45. The van der Waals surface area contributed by atoms with Crippen molar-refractivity contribution in [2.45, 2.75) is 25.3 Å². The van der Waals surface area contributed by atoms with Gasteiger partial charge in [0, 0.05) is 36.4 Å². The lowest BCUT2D eigenvalue weighted by molar-refractivity contribution is 0.317. The number of halogens is 1. The summed E-state index contributed by atoms with van der Waals surface area (Å²) < 4.78 is 14.0. The zero-order valence-electron chi connectivity index (χ0n) is 12.9. The van der Waals surface area contributed by atoms with Crippen molar-refractivity contribution in [1.29, 1.82) is 0 Å². The molecule has 2 fully saturated rings. The first-order valence-corrected chi connectivity index (χ1v) is 8.21. The second kappa shape index (κ2) is 5.51. The molecule has 2 aliphatic rings. The monoisotopic (exact) mass is 299 g/mol. The van der Waals surface area contributed by atoms with E-state index in [1.165, 1.54) is 19.3 Å². The number of anilines is 1. The van der Waals surface area contributed by atoms with Crippen LogP contribution in [0.25, 0.3) is 10.9 Å². The zero-order valence-corrected chi connectivity index (χ0v) is 12.9. The Morgan fingerprint density at radius 1 is 1.18 bits per heavy atom. The van der Waals surface area contributed by atoms with Crippen molar-refractivity contribution in [2.24, 2.45) is 11.8 Å². The molecule has 2 atom stereocenters. The summed E-state index contributed by atoms with van der Waals surface area (Å²) in [7, 11) is 2.04. The molecular formula is C18H22FN3. The summed E-state index contributed by atoms with van der Waals surface area (Å²) in [6, 6.07) is 7.86. The van der Waals surface area contributed by atoms with Crippen LogP contribution in [-0.4, -0.2) is 31.2 Å². The maximum atomic E-state index is 14.0. The summed E-state index contributed by atoms with van der Waals surface area (Å²) in [5.41, 5.74) is 1.60. The average Bonchev–Trinajstić information content (AvgIpc) is 3.40. The van der Waals surface area contributed by atoms with Crippen LogP contribution in [0.2, 0.25) is 0 Å². The van der Waals surface area contributed by atoms with Crippen LogP contribution < -0.4 is 10.2 Å². The number of nitrogens with one attached hydrogen (secondary N) is 1. The van der Waals surface area contributed by atoms with E-state index in [2.05, 4.69) is 15.2 Å². The molecule has 1 aliphatic heterocycles. The number of piperidine rings is 1. The van der Waals surface area contributed by atoms with Gasteiger partial charge in [-0.05, 0) is 62.4 Å². The van der Waals surface area contributed by atoms with Gasteiger partial charge in [-0.15, -0.1) is 0 Å². The molecule has 0 spiro atoms. The van der Waals surface area contributed by atoms with Crippen molar-refractivity contribution >= 4 is 16.6 Å². The van der Waals surface area contributed by atoms with Gasteiger partial charge in [-0.3, -0.25) is 4.98 Å². The van der Waals surface area contributed by atoms with E-state index in [0.29, 0.717) is 11.6 Å². The number of fused-ring (bicyclic) bond motifs is 1. The van der Waals surface area contributed by atoms with E-state index < -0.39 is 0 Å². The fraction of sp³-hybridized carbons (Fsp3) is 0.500. The van der Waals surface area contributed by atoms with E-state index in [9.17, 15) is 4.39 Å². The molecule has 1 N–H and O–H groups in total. The lowest BCUT2D eigenvalue weighted by atomic mass is 9.89. The number of hydrogen-bond donors (Lipinski definition) is 1. The molecule has 2 aromatic rings. The minimum Gasteiger partial charge on any atom is -0.369 e. The van der Waals surface area contributed by atoms with Crippen molar-refractivity contribution in [3.63, 3.8) is 0 Å². The fourth-order valence-electron chi connectivity index (χ4n) is 3.85. The first-order valence-electron chi connectivity index (χ1n) is 8.21. The van der Waals surface area contributed by atoms with E-state index in [-0.39, 0.29) is 5.82 Å². The summed E-state index contributed by atoms with van der Waals surface area (Å²) in [6.07, 6.45) is 5.67. The Morgan fingerprint density at radius 2 is 2.05 bits per heavy atom. The van der Waals surface area contributed by atoms with E-state index in [0.717, 1.165) is 36.0 Å². The molecule has 1 aliphatic carbocycles. The highest BCUT2D eigenvalue weighted by Crippen LogP contribution is 2.42. The Kier molecular flexibility index (Phi) is 3.49. The number of rotatable bonds is 3. The van der Waals surface area contributed by atoms with Crippen LogP contribution in [0.3, 0.4) is 0 Å². The molecule has 22 heavy (non-hydrogen) atoms. The third-order valence-electron chi connectivity index (χ3n) is 5.22. The van der Waals surface area contributed by atoms with Crippen LogP contribution in [0.5, 0.6) is 0 Å². The third-order valence-corrected chi connectivity index (χ3v) is 5.22. The van der Waals surface area contributed by atoms with Crippen LogP contribution in [0.4, 0.5) is 10.1 Å². The van der Waals surface area contributed by atoms with Crippen LogP contribution in [0, 0.1) is 17.7 Å². The molecule has 3 nitrogen and oxygen atoms in total. The van der Waals surface area contributed by atoms with Gasteiger partial charge in [-0.25, -0.2) is 4.39 Å². The maximum Gasteiger partial charge on any atom is 0.149 e. The highest BCUT2D eigenvalue weighted by molar-refractivity contribution is 5.92. The summed E-state index contributed by atoms with van der Waals surface area (Å²) in [4.78, 5) is 6.65. The van der Waals surface area contributed by atoms with Gasteiger partial charge in [0.15, 0.2) is 0 Å². The van der Waals surface area contributed by atoms with Gasteiger partial charge >= 0.3 is 0 Å². The Labute approximate surface area is 130 Å². The van der Waals surface area contributed by atoms with Gasteiger partial charge in [0.25, 0.3) is 0 Å². The molecule has 116 valence electrons. The van der Waals surface area contributed by atoms with Gasteiger partial charge in [-0.2, -0.15) is 0 Å². The van der Waals surface area contributed by atoms with Crippen LogP contribution in [-0.2, 0) is 0 Å². The normalized spacial score (nSPS) is 25.6. The number of likely N-dealkylation sites (N-methyl/N-ethyl adjacent to an activating group) is 1. The lowest BCUT2D eigenvalue weighted by Crippen LogP contribution is -2.49. The highest BCUT2D eigenvalue weighted by atomic mass is 19.1. The van der Waals surface area contributed by atoms with Crippen LogP contribution >= 0.6 is 0 Å². The Morgan fingerprint density at radius 3 is 2.82 bits per heavy atom. The second-order valence-corrected chi connectivity index (χ2v) is 6.69. The highest BCUT2D eigenvalue weighted by Gasteiger charge is 2.37. The summed E-state index contributed by atoms with van der Waals surface area (Å²) in [5, 5.41) is 4.37. The number of nitrogens with zero attached hydrogens (tertiary/aromatic N) is 2. The quantitative estimate of drug-likeness (QED) is 0.943. The van der Waals surface area contributed by atoms with Gasteiger partial charge in [-0.1, -0.05) is 0 Å². The molecule has 1 aromatic carbocycles.